The zero-order chi connectivity index (χ0) is 26.1. The van der Waals surface area contributed by atoms with Crippen molar-refractivity contribution in [2.45, 2.75) is 51.5 Å². The lowest BCUT2D eigenvalue weighted by molar-refractivity contribution is 0.0698. The molecule has 0 saturated carbocycles. The number of carbonyl (C=O) groups is 1. The number of nitrogens with zero attached hydrogens (tertiary/aromatic N) is 1. The Labute approximate surface area is 219 Å². The second-order valence-electron chi connectivity index (χ2n) is 10.7. The Morgan fingerprint density at radius 1 is 1.14 bits per heavy atom. The van der Waals surface area contributed by atoms with Crippen molar-refractivity contribution in [3.63, 3.8) is 0 Å². The Morgan fingerprint density at radius 2 is 1.97 bits per heavy atom. The summed E-state index contributed by atoms with van der Waals surface area (Å²) >= 11 is 0. The predicted molar refractivity (Wildman–Crippen MR) is 152 cm³/mol. The standard InChI is InChI=1S/C31H35BN2O3/c1-19(2)12-25(17-32)24-14-20(8-10-34-11-9-21-4-3-5-26(30(21)34)31(35)36)13-23(15-24)22-6-7-29-27(16-22)28(33)18-37-29/h3-7,9,11,13-16,19,25,28H,8,10,12,17-18,32-33H2,1-2H3,(H,35,36). The molecule has 0 fully saturated rings. The highest BCUT2D eigenvalue weighted by Crippen LogP contribution is 2.37. The van der Waals surface area contributed by atoms with E-state index in [1.165, 1.54) is 16.7 Å². The number of ether oxygens (including phenoxy) is 1. The molecule has 0 saturated heterocycles. The summed E-state index contributed by atoms with van der Waals surface area (Å²) in [5.74, 6) is 1.10. The van der Waals surface area contributed by atoms with E-state index >= 15 is 0 Å². The van der Waals surface area contributed by atoms with Crippen LogP contribution in [-0.4, -0.2) is 30.1 Å². The van der Waals surface area contributed by atoms with Gasteiger partial charge in [-0.25, -0.2) is 4.79 Å². The van der Waals surface area contributed by atoms with Crippen LogP contribution in [0.25, 0.3) is 22.0 Å². The molecule has 2 unspecified atom stereocenters. The fourth-order valence-electron chi connectivity index (χ4n) is 5.66. The first-order valence-electron chi connectivity index (χ1n) is 13.3. The number of carboxylic acid groups (broad SMARTS) is 1. The molecule has 5 rings (SSSR count). The second kappa shape index (κ2) is 10.5. The van der Waals surface area contributed by atoms with E-state index in [1.54, 1.807) is 12.1 Å². The zero-order valence-electron chi connectivity index (χ0n) is 21.9. The molecular formula is C31H35BN2O3. The molecule has 3 aromatic carbocycles. The van der Waals surface area contributed by atoms with E-state index in [1.807, 2.05) is 24.4 Å². The summed E-state index contributed by atoms with van der Waals surface area (Å²) in [4.78, 5) is 11.9. The average Bonchev–Trinajstić information content (AvgIpc) is 3.48. The van der Waals surface area contributed by atoms with Crippen molar-refractivity contribution in [2.24, 2.45) is 11.7 Å². The topological polar surface area (TPSA) is 77.5 Å². The summed E-state index contributed by atoms with van der Waals surface area (Å²) in [5, 5.41) is 10.7. The Bertz CT molecular complexity index is 1440. The van der Waals surface area contributed by atoms with Gasteiger partial charge in [0.15, 0.2) is 0 Å². The van der Waals surface area contributed by atoms with Crippen LogP contribution in [0.1, 0.15) is 59.3 Å². The second-order valence-corrected chi connectivity index (χ2v) is 10.7. The van der Waals surface area contributed by atoms with Gasteiger partial charge in [0.1, 0.15) is 20.2 Å². The van der Waals surface area contributed by atoms with Crippen molar-refractivity contribution in [3.05, 3.63) is 89.1 Å². The van der Waals surface area contributed by atoms with Gasteiger partial charge >= 0.3 is 5.97 Å². The number of hydrogen-bond acceptors (Lipinski definition) is 3. The predicted octanol–water partition coefficient (Wildman–Crippen LogP) is 5.82. The van der Waals surface area contributed by atoms with Gasteiger partial charge in [0.2, 0.25) is 0 Å². The van der Waals surface area contributed by atoms with E-state index in [2.05, 4.69) is 56.6 Å². The number of aryl methyl sites for hydroxylation is 2. The van der Waals surface area contributed by atoms with Crippen LogP contribution in [0.15, 0.2) is 66.9 Å². The van der Waals surface area contributed by atoms with Crippen molar-refractivity contribution in [1.29, 1.82) is 0 Å². The van der Waals surface area contributed by atoms with Crippen LogP contribution in [0, 0.1) is 5.92 Å². The summed E-state index contributed by atoms with van der Waals surface area (Å²) < 4.78 is 7.79. The third-order valence-electron chi connectivity index (χ3n) is 7.56. The van der Waals surface area contributed by atoms with Crippen molar-refractivity contribution in [3.8, 4) is 16.9 Å². The zero-order valence-corrected chi connectivity index (χ0v) is 21.9. The van der Waals surface area contributed by atoms with E-state index in [-0.39, 0.29) is 6.04 Å². The molecule has 6 heteroatoms. The summed E-state index contributed by atoms with van der Waals surface area (Å²) in [7, 11) is 2.27. The van der Waals surface area contributed by atoms with Crippen molar-refractivity contribution < 1.29 is 14.6 Å². The van der Waals surface area contributed by atoms with Gasteiger partial charge in [-0.2, -0.15) is 0 Å². The number of carboxylic acids is 1. The van der Waals surface area contributed by atoms with Crippen molar-refractivity contribution >= 4 is 24.7 Å². The van der Waals surface area contributed by atoms with E-state index in [9.17, 15) is 9.90 Å². The number of aromatic nitrogens is 1. The number of hydrogen-bond donors (Lipinski definition) is 2. The summed E-state index contributed by atoms with van der Waals surface area (Å²) in [6.07, 6.45) is 5.04. The number of benzene rings is 3. The molecule has 0 aliphatic carbocycles. The number of aromatic carboxylic acids is 1. The molecule has 37 heavy (non-hydrogen) atoms. The Balaban J connectivity index is 1.52. The van der Waals surface area contributed by atoms with Gasteiger partial charge in [0.05, 0.1) is 17.1 Å². The van der Waals surface area contributed by atoms with Gasteiger partial charge in [0, 0.05) is 23.7 Å². The van der Waals surface area contributed by atoms with Gasteiger partial charge in [-0.1, -0.05) is 56.6 Å². The van der Waals surface area contributed by atoms with Crippen LogP contribution in [0.3, 0.4) is 0 Å². The molecule has 0 bridgehead atoms. The molecule has 4 aromatic rings. The Hall–Kier alpha value is -3.51. The first-order chi connectivity index (χ1) is 17.8. The van der Waals surface area contributed by atoms with E-state index in [0.717, 1.165) is 46.9 Å². The molecule has 0 amide bonds. The van der Waals surface area contributed by atoms with Crippen LogP contribution in [-0.2, 0) is 13.0 Å². The van der Waals surface area contributed by atoms with Crippen molar-refractivity contribution in [2.75, 3.05) is 6.61 Å². The van der Waals surface area contributed by atoms with E-state index in [0.29, 0.717) is 30.6 Å². The summed E-state index contributed by atoms with van der Waals surface area (Å²) in [5.41, 5.74) is 13.5. The molecule has 2 atom stereocenters. The fourth-order valence-corrected chi connectivity index (χ4v) is 5.66. The lowest BCUT2D eigenvalue weighted by Gasteiger charge is -2.21. The first-order valence-corrected chi connectivity index (χ1v) is 13.3. The van der Waals surface area contributed by atoms with Gasteiger partial charge in [-0.15, -0.1) is 0 Å². The highest BCUT2D eigenvalue weighted by molar-refractivity contribution is 6.09. The Morgan fingerprint density at radius 3 is 2.73 bits per heavy atom. The van der Waals surface area contributed by atoms with E-state index in [4.69, 9.17) is 10.5 Å². The fraction of sp³-hybridized carbons (Fsp3) is 0.323. The molecule has 5 nitrogen and oxygen atoms in total. The van der Waals surface area contributed by atoms with Crippen LogP contribution >= 0.6 is 0 Å². The number of para-hydroxylation sites is 1. The normalized spacial score (nSPS) is 15.6. The number of rotatable bonds is 9. The molecule has 0 spiro atoms. The highest BCUT2D eigenvalue weighted by atomic mass is 16.5. The monoisotopic (exact) mass is 494 g/mol. The largest absolute Gasteiger partial charge is 0.491 e. The maximum absolute atomic E-state index is 11.9. The minimum absolute atomic E-state index is 0.0904. The van der Waals surface area contributed by atoms with Crippen LogP contribution in [0.5, 0.6) is 5.75 Å². The maximum Gasteiger partial charge on any atom is 0.337 e. The van der Waals surface area contributed by atoms with Gasteiger partial charge in [-0.05, 0) is 71.2 Å². The van der Waals surface area contributed by atoms with Crippen molar-refractivity contribution in [1.82, 2.24) is 4.57 Å². The molecule has 1 aliphatic rings. The third-order valence-corrected chi connectivity index (χ3v) is 7.56. The minimum atomic E-state index is -0.895. The third kappa shape index (κ3) is 5.16. The molecule has 3 N–H and O–H groups in total. The molecule has 1 aromatic heterocycles. The minimum Gasteiger partial charge on any atom is -0.491 e. The molecule has 2 heterocycles. The highest BCUT2D eigenvalue weighted by Gasteiger charge is 2.22. The average molecular weight is 494 g/mol. The lowest BCUT2D eigenvalue weighted by Crippen LogP contribution is -2.10. The Kier molecular flexibility index (Phi) is 7.12. The number of nitrogens with two attached hydrogens (primary N) is 1. The number of fused-ring (bicyclic) bond motifs is 2. The molecular weight excluding hydrogens is 459 g/mol. The van der Waals surface area contributed by atoms with Crippen LogP contribution in [0.2, 0.25) is 6.32 Å². The summed E-state index contributed by atoms with van der Waals surface area (Å²) in [6.45, 7) is 5.80. The lowest BCUT2D eigenvalue weighted by atomic mass is 9.79. The molecule has 190 valence electrons. The first kappa shape index (κ1) is 25.2. The SMILES string of the molecule is BCC(CC(C)C)c1cc(CCn2ccc3cccc(C(=O)O)c32)cc(-c2ccc3c(c2)C(N)CO3)c1. The quantitative estimate of drug-likeness (QED) is 0.288. The van der Waals surface area contributed by atoms with Gasteiger partial charge in [-0.3, -0.25) is 0 Å². The van der Waals surface area contributed by atoms with E-state index < -0.39 is 5.97 Å². The summed E-state index contributed by atoms with van der Waals surface area (Å²) in [6, 6.07) is 20.7. The van der Waals surface area contributed by atoms with Crippen LogP contribution in [0.4, 0.5) is 0 Å². The van der Waals surface area contributed by atoms with Gasteiger partial charge in [0.25, 0.3) is 0 Å². The van der Waals surface area contributed by atoms with Gasteiger partial charge < -0.3 is 20.1 Å². The van der Waals surface area contributed by atoms with Crippen LogP contribution < -0.4 is 10.5 Å². The maximum atomic E-state index is 11.9. The smallest absolute Gasteiger partial charge is 0.337 e. The molecule has 1 aliphatic heterocycles. The molecule has 0 radical (unpaired) electrons.